The zero-order chi connectivity index (χ0) is 24.7. The number of carboxylic acids is 1. The first-order valence-electron chi connectivity index (χ1n) is 10.0. The number of benzene rings is 3. The number of hydrogen-bond acceptors (Lipinski definition) is 3. The minimum absolute atomic E-state index is 0.0962. The van der Waals surface area contributed by atoms with E-state index in [1.165, 1.54) is 54.7 Å². The first kappa shape index (κ1) is 23.8. The maximum absolute atomic E-state index is 13.5. The van der Waals surface area contributed by atoms with Crippen LogP contribution in [0.5, 0.6) is 0 Å². The molecule has 34 heavy (non-hydrogen) atoms. The molecule has 0 aliphatic carbocycles. The Morgan fingerprint density at radius 2 is 1.65 bits per heavy atom. The number of aliphatic carboxylic acids is 1. The van der Waals surface area contributed by atoms with Crippen molar-refractivity contribution in [3.05, 3.63) is 89.1 Å². The number of hydrogen-bond donors (Lipinski definition) is 1. The van der Waals surface area contributed by atoms with Gasteiger partial charge in [-0.2, -0.15) is 13.2 Å². The molecule has 3 aromatic carbocycles. The van der Waals surface area contributed by atoms with E-state index in [0.717, 1.165) is 16.1 Å². The van der Waals surface area contributed by atoms with Gasteiger partial charge in [-0.1, -0.05) is 35.9 Å². The summed E-state index contributed by atoms with van der Waals surface area (Å²) < 4.78 is 67.5. The van der Waals surface area contributed by atoms with Crippen molar-refractivity contribution in [1.82, 2.24) is 3.97 Å². The van der Waals surface area contributed by atoms with Crippen LogP contribution >= 0.6 is 11.6 Å². The average molecular weight is 508 g/mol. The van der Waals surface area contributed by atoms with E-state index in [1.54, 1.807) is 6.07 Å². The number of rotatable bonds is 6. The minimum Gasteiger partial charge on any atom is -0.481 e. The molecule has 0 fully saturated rings. The Morgan fingerprint density at radius 1 is 0.971 bits per heavy atom. The summed E-state index contributed by atoms with van der Waals surface area (Å²) >= 11 is 6.07. The number of aryl methyl sites for hydroxylation is 1. The molecule has 1 heterocycles. The Balaban J connectivity index is 1.82. The molecule has 5 nitrogen and oxygen atoms in total. The fourth-order valence-corrected chi connectivity index (χ4v) is 5.31. The van der Waals surface area contributed by atoms with Crippen LogP contribution in [0.3, 0.4) is 0 Å². The molecule has 0 aliphatic rings. The van der Waals surface area contributed by atoms with E-state index in [1.807, 2.05) is 0 Å². The van der Waals surface area contributed by atoms with E-state index in [-0.39, 0.29) is 23.3 Å². The molecular formula is C24H17ClF3NO4S. The van der Waals surface area contributed by atoms with E-state index in [9.17, 15) is 26.4 Å². The molecule has 0 unspecified atom stereocenters. The number of nitrogens with zero attached hydrogens (tertiary/aromatic N) is 1. The van der Waals surface area contributed by atoms with Gasteiger partial charge in [-0.3, -0.25) is 4.79 Å². The summed E-state index contributed by atoms with van der Waals surface area (Å²) in [6.45, 7) is 0. The highest BCUT2D eigenvalue weighted by Crippen LogP contribution is 2.34. The molecule has 1 N–H and O–H groups in total. The van der Waals surface area contributed by atoms with Crippen molar-refractivity contribution in [2.24, 2.45) is 0 Å². The van der Waals surface area contributed by atoms with Crippen molar-refractivity contribution < 1.29 is 31.5 Å². The minimum atomic E-state index is -4.53. The Labute approximate surface area is 198 Å². The van der Waals surface area contributed by atoms with Gasteiger partial charge in [-0.05, 0) is 65.6 Å². The monoisotopic (exact) mass is 507 g/mol. The van der Waals surface area contributed by atoms with Crippen LogP contribution in [-0.2, 0) is 27.4 Å². The van der Waals surface area contributed by atoms with E-state index >= 15 is 0 Å². The second-order valence-corrected chi connectivity index (χ2v) is 9.87. The number of aromatic nitrogens is 1. The van der Waals surface area contributed by atoms with Gasteiger partial charge >= 0.3 is 12.1 Å². The first-order chi connectivity index (χ1) is 16.0. The Hall–Kier alpha value is -3.30. The van der Waals surface area contributed by atoms with E-state index < -0.39 is 27.7 Å². The number of carbonyl (C=O) groups is 1. The summed E-state index contributed by atoms with van der Waals surface area (Å²) in [4.78, 5) is 10.9. The molecular weight excluding hydrogens is 491 g/mol. The van der Waals surface area contributed by atoms with Gasteiger partial charge in [0.1, 0.15) is 0 Å². The molecule has 0 amide bonds. The lowest BCUT2D eigenvalue weighted by Gasteiger charge is -2.11. The third kappa shape index (κ3) is 4.67. The van der Waals surface area contributed by atoms with Gasteiger partial charge in [-0.15, -0.1) is 0 Å². The average Bonchev–Trinajstić information content (AvgIpc) is 3.16. The predicted molar refractivity (Wildman–Crippen MR) is 122 cm³/mol. The summed E-state index contributed by atoms with van der Waals surface area (Å²) in [5, 5.41) is 9.91. The highest BCUT2D eigenvalue weighted by molar-refractivity contribution is 7.90. The standard InChI is InChI=1S/C24H17ClF3NO4S/c25-19-8-9-22-21(13-19)17(7-10-23(30)31)14-29(22)34(32,33)20-6-2-4-16(12-20)15-3-1-5-18(11-15)24(26,27)28/h1-6,8-9,11-14H,7,10H2,(H,30,31). The Bertz CT molecular complexity index is 1510. The lowest BCUT2D eigenvalue weighted by atomic mass is 10.0. The van der Waals surface area contributed by atoms with Crippen molar-refractivity contribution in [2.45, 2.75) is 23.9 Å². The van der Waals surface area contributed by atoms with Crippen LogP contribution in [0.15, 0.2) is 77.8 Å². The van der Waals surface area contributed by atoms with Crippen molar-refractivity contribution in [3.63, 3.8) is 0 Å². The summed E-state index contributed by atoms with van der Waals surface area (Å²) in [5.41, 5.74) is 0.498. The molecule has 4 rings (SSSR count). The smallest absolute Gasteiger partial charge is 0.416 e. The first-order valence-corrected chi connectivity index (χ1v) is 11.8. The molecule has 0 radical (unpaired) electrons. The van der Waals surface area contributed by atoms with Crippen LogP contribution in [0.25, 0.3) is 22.0 Å². The molecule has 0 spiro atoms. The summed E-state index contributed by atoms with van der Waals surface area (Å²) in [6.07, 6.45) is -3.27. The molecule has 0 saturated carbocycles. The molecule has 0 atom stereocenters. The molecule has 10 heteroatoms. The van der Waals surface area contributed by atoms with Crippen LogP contribution in [0.2, 0.25) is 5.02 Å². The summed E-state index contributed by atoms with van der Waals surface area (Å²) in [7, 11) is -4.16. The van der Waals surface area contributed by atoms with Crippen molar-refractivity contribution in [2.75, 3.05) is 0 Å². The molecule has 1 aromatic heterocycles. The van der Waals surface area contributed by atoms with Gasteiger partial charge in [0, 0.05) is 23.0 Å². The number of fused-ring (bicyclic) bond motifs is 1. The predicted octanol–water partition coefficient (Wildman–Crippen LogP) is 6.23. The summed E-state index contributed by atoms with van der Waals surface area (Å²) in [5.74, 6) is -1.03. The molecule has 4 aromatic rings. The second-order valence-electron chi connectivity index (χ2n) is 7.62. The van der Waals surface area contributed by atoms with Gasteiger partial charge in [-0.25, -0.2) is 12.4 Å². The maximum Gasteiger partial charge on any atom is 0.416 e. The lowest BCUT2D eigenvalue weighted by molar-refractivity contribution is -0.138. The zero-order valence-electron chi connectivity index (χ0n) is 17.4. The number of halogens is 4. The highest BCUT2D eigenvalue weighted by atomic mass is 35.5. The van der Waals surface area contributed by atoms with Gasteiger partial charge in [0.05, 0.1) is 16.0 Å². The van der Waals surface area contributed by atoms with Gasteiger partial charge in [0.25, 0.3) is 10.0 Å². The van der Waals surface area contributed by atoms with Crippen molar-refractivity contribution in [3.8, 4) is 11.1 Å². The SMILES string of the molecule is O=C(O)CCc1cn(S(=O)(=O)c2cccc(-c3cccc(C(F)(F)F)c3)c2)c2ccc(Cl)cc12. The topological polar surface area (TPSA) is 76.4 Å². The summed E-state index contributed by atoms with van der Waals surface area (Å²) in [6, 6.07) is 14.9. The van der Waals surface area contributed by atoms with Crippen LogP contribution in [-0.4, -0.2) is 23.5 Å². The zero-order valence-corrected chi connectivity index (χ0v) is 19.0. The van der Waals surface area contributed by atoms with Crippen LogP contribution in [0, 0.1) is 0 Å². The number of carboxylic acid groups (broad SMARTS) is 1. The fourth-order valence-electron chi connectivity index (χ4n) is 3.70. The molecule has 0 aliphatic heterocycles. The van der Waals surface area contributed by atoms with Crippen LogP contribution in [0.4, 0.5) is 13.2 Å². The maximum atomic E-state index is 13.5. The number of alkyl halides is 3. The third-order valence-corrected chi connectivity index (χ3v) is 7.24. The second kappa shape index (κ2) is 8.81. The molecule has 176 valence electrons. The molecule has 0 saturated heterocycles. The fraction of sp³-hybridized carbons (Fsp3) is 0.125. The van der Waals surface area contributed by atoms with Gasteiger partial charge in [0.2, 0.25) is 0 Å². The molecule has 0 bridgehead atoms. The quantitative estimate of drug-likeness (QED) is 0.335. The van der Waals surface area contributed by atoms with Crippen LogP contribution in [0.1, 0.15) is 17.5 Å². The van der Waals surface area contributed by atoms with E-state index in [2.05, 4.69) is 0 Å². The Kier molecular flexibility index (Phi) is 6.18. The lowest BCUT2D eigenvalue weighted by Crippen LogP contribution is -2.12. The van der Waals surface area contributed by atoms with E-state index in [0.29, 0.717) is 27.1 Å². The Morgan fingerprint density at radius 3 is 2.32 bits per heavy atom. The van der Waals surface area contributed by atoms with Gasteiger partial charge < -0.3 is 5.11 Å². The van der Waals surface area contributed by atoms with Crippen LogP contribution < -0.4 is 0 Å². The van der Waals surface area contributed by atoms with E-state index in [4.69, 9.17) is 16.7 Å². The van der Waals surface area contributed by atoms with Crippen molar-refractivity contribution >= 4 is 38.5 Å². The third-order valence-electron chi connectivity index (χ3n) is 5.34. The van der Waals surface area contributed by atoms with Gasteiger partial charge in [0.15, 0.2) is 0 Å². The highest BCUT2D eigenvalue weighted by Gasteiger charge is 2.30. The normalized spacial score (nSPS) is 12.2. The largest absolute Gasteiger partial charge is 0.481 e. The van der Waals surface area contributed by atoms with Crippen molar-refractivity contribution in [1.29, 1.82) is 0 Å².